The molecule has 0 fully saturated rings. The number of hydrogen-bond acceptors (Lipinski definition) is 6. The number of para-hydroxylation sites is 1. The third-order valence-corrected chi connectivity index (χ3v) is 4.94. The van der Waals surface area contributed by atoms with E-state index in [0.717, 1.165) is 16.7 Å². The quantitative estimate of drug-likeness (QED) is 0.409. The molecule has 0 saturated heterocycles. The van der Waals surface area contributed by atoms with E-state index in [1.165, 1.54) is 0 Å². The molecule has 4 rings (SSSR count). The molecule has 2 aromatic heterocycles. The first-order chi connectivity index (χ1) is 15.2. The van der Waals surface area contributed by atoms with Gasteiger partial charge in [0.25, 0.3) is 0 Å². The maximum atomic E-state index is 13.1. The monoisotopic (exact) mass is 450 g/mol. The summed E-state index contributed by atoms with van der Waals surface area (Å²) in [5, 5.41) is 3.35. The van der Waals surface area contributed by atoms with Crippen molar-refractivity contribution in [2.75, 3.05) is 10.2 Å². The van der Waals surface area contributed by atoms with E-state index < -0.39 is 11.6 Å². The van der Waals surface area contributed by atoms with Crippen molar-refractivity contribution >= 4 is 46.2 Å². The van der Waals surface area contributed by atoms with Crippen molar-refractivity contribution in [3.8, 4) is 5.75 Å². The molecule has 0 saturated carbocycles. The van der Waals surface area contributed by atoms with Crippen LogP contribution in [0.1, 0.15) is 20.8 Å². The largest absolute Gasteiger partial charge is 0.422 e. The number of carbonyl (C=O) groups is 1. The third-order valence-electron chi connectivity index (χ3n) is 4.76. The number of hydrogen-bond donors (Lipinski definition) is 1. The summed E-state index contributed by atoms with van der Waals surface area (Å²) in [5.41, 5.74) is 1.80. The average Bonchev–Trinajstić information content (AvgIpc) is 3.03. The fourth-order valence-corrected chi connectivity index (χ4v) is 3.46. The van der Waals surface area contributed by atoms with Crippen LogP contribution < -0.4 is 15.0 Å². The van der Waals surface area contributed by atoms with Gasteiger partial charge in [0.15, 0.2) is 0 Å². The van der Waals surface area contributed by atoms with Crippen molar-refractivity contribution in [3.05, 3.63) is 66.1 Å². The highest BCUT2D eigenvalue weighted by atomic mass is 35.5. The van der Waals surface area contributed by atoms with Gasteiger partial charge in [-0.1, -0.05) is 18.2 Å². The zero-order valence-corrected chi connectivity index (χ0v) is 19.0. The smallest absolute Gasteiger partial charge is 0.410 e. The first kappa shape index (κ1) is 21.6. The molecule has 0 aliphatic heterocycles. The molecule has 8 nitrogen and oxygen atoms in total. The van der Waals surface area contributed by atoms with Gasteiger partial charge in [0, 0.05) is 24.5 Å². The van der Waals surface area contributed by atoms with Gasteiger partial charge in [-0.15, -0.1) is 0 Å². The molecule has 0 radical (unpaired) electrons. The third kappa shape index (κ3) is 4.50. The summed E-state index contributed by atoms with van der Waals surface area (Å²) < 4.78 is 7.49. The standard InChI is InChI=1S/C23H23ClN6O2/c1-23(2,3)30(22(31)32-16-8-6-5-7-9-16)21-27-17-14-15(10-11-18(17)29(21)4)26-19-12-13-25-20(24)28-19/h5-14H,1-4H3,(H,25,26,28). The lowest BCUT2D eigenvalue weighted by Gasteiger charge is -2.33. The lowest BCUT2D eigenvalue weighted by molar-refractivity contribution is 0.200. The average molecular weight is 451 g/mol. The van der Waals surface area contributed by atoms with E-state index in [-0.39, 0.29) is 5.28 Å². The lowest BCUT2D eigenvalue weighted by Crippen LogP contribution is -2.48. The highest BCUT2D eigenvalue weighted by molar-refractivity contribution is 6.28. The number of aryl methyl sites for hydroxylation is 1. The summed E-state index contributed by atoms with van der Waals surface area (Å²) in [4.78, 5) is 27.5. The molecule has 0 bridgehead atoms. The van der Waals surface area contributed by atoms with Gasteiger partial charge in [0.05, 0.1) is 11.0 Å². The van der Waals surface area contributed by atoms with E-state index in [9.17, 15) is 4.79 Å². The summed E-state index contributed by atoms with van der Waals surface area (Å²) in [7, 11) is 1.87. The summed E-state index contributed by atoms with van der Waals surface area (Å²) in [6, 6.07) is 16.4. The van der Waals surface area contributed by atoms with Crippen molar-refractivity contribution in [1.29, 1.82) is 0 Å². The van der Waals surface area contributed by atoms with Crippen LogP contribution in [0.15, 0.2) is 60.8 Å². The van der Waals surface area contributed by atoms with Gasteiger partial charge in [-0.25, -0.2) is 24.6 Å². The SMILES string of the molecule is Cn1c(N(C(=O)Oc2ccccc2)C(C)(C)C)nc2cc(Nc3ccnc(Cl)n3)ccc21. The minimum Gasteiger partial charge on any atom is -0.410 e. The van der Waals surface area contributed by atoms with Crippen molar-refractivity contribution < 1.29 is 9.53 Å². The topological polar surface area (TPSA) is 85.2 Å². The predicted molar refractivity (Wildman–Crippen MR) is 126 cm³/mol. The number of carbonyl (C=O) groups excluding carboxylic acids is 1. The number of rotatable bonds is 4. The summed E-state index contributed by atoms with van der Waals surface area (Å²) in [6.45, 7) is 5.80. The Labute approximate surface area is 190 Å². The molecule has 4 aromatic rings. The molecule has 1 N–H and O–H groups in total. The second-order valence-corrected chi connectivity index (χ2v) is 8.54. The molecule has 2 heterocycles. The fraction of sp³-hybridized carbons (Fsp3) is 0.217. The van der Waals surface area contributed by atoms with Crippen LogP contribution >= 0.6 is 11.6 Å². The molecule has 2 aromatic carbocycles. The molecule has 0 unspecified atom stereocenters. The molecule has 0 atom stereocenters. The Bertz CT molecular complexity index is 1270. The molecule has 164 valence electrons. The summed E-state index contributed by atoms with van der Waals surface area (Å²) in [6.07, 6.45) is 1.07. The number of nitrogens with zero attached hydrogens (tertiary/aromatic N) is 5. The number of imidazole rings is 1. The van der Waals surface area contributed by atoms with E-state index >= 15 is 0 Å². The van der Waals surface area contributed by atoms with Crippen LogP contribution in [-0.4, -0.2) is 31.2 Å². The predicted octanol–water partition coefficient (Wildman–Crippen LogP) is 5.56. The molecule has 0 aliphatic carbocycles. The number of benzene rings is 2. The van der Waals surface area contributed by atoms with Gasteiger partial charge in [-0.05, 0) is 68.8 Å². The van der Waals surface area contributed by atoms with E-state index in [4.69, 9.17) is 21.3 Å². The number of nitrogens with one attached hydrogen (secondary N) is 1. The lowest BCUT2D eigenvalue weighted by atomic mass is 10.1. The molecule has 0 spiro atoms. The number of halogens is 1. The highest BCUT2D eigenvalue weighted by Gasteiger charge is 2.33. The zero-order chi connectivity index (χ0) is 22.9. The Morgan fingerprint density at radius 1 is 1.09 bits per heavy atom. The second-order valence-electron chi connectivity index (χ2n) is 8.20. The van der Waals surface area contributed by atoms with Crippen LogP contribution in [0.4, 0.5) is 22.2 Å². The zero-order valence-electron chi connectivity index (χ0n) is 18.2. The molecular weight excluding hydrogens is 428 g/mol. The number of fused-ring (bicyclic) bond motifs is 1. The molecule has 32 heavy (non-hydrogen) atoms. The van der Waals surface area contributed by atoms with Crippen molar-refractivity contribution in [3.63, 3.8) is 0 Å². The van der Waals surface area contributed by atoms with E-state index in [2.05, 4.69) is 15.3 Å². The van der Waals surface area contributed by atoms with Gasteiger partial charge in [-0.2, -0.15) is 0 Å². The summed E-state index contributed by atoms with van der Waals surface area (Å²) in [5.74, 6) is 1.53. The van der Waals surface area contributed by atoms with Crippen molar-refractivity contribution in [1.82, 2.24) is 19.5 Å². The van der Waals surface area contributed by atoms with E-state index in [0.29, 0.717) is 17.5 Å². The van der Waals surface area contributed by atoms with E-state index in [1.54, 1.807) is 29.3 Å². The molecular formula is C23H23ClN6O2. The van der Waals surface area contributed by atoms with Crippen LogP contribution in [-0.2, 0) is 7.05 Å². The highest BCUT2D eigenvalue weighted by Crippen LogP contribution is 2.30. The minimum atomic E-state index is -0.570. The Hall–Kier alpha value is -3.65. The van der Waals surface area contributed by atoms with Gasteiger partial charge in [-0.3, -0.25) is 0 Å². The number of aromatic nitrogens is 4. The Kier molecular flexibility index (Phi) is 5.71. The normalized spacial score (nSPS) is 11.4. The van der Waals surface area contributed by atoms with Crippen LogP contribution in [0, 0.1) is 0 Å². The maximum absolute atomic E-state index is 13.1. The van der Waals surface area contributed by atoms with Crippen LogP contribution in [0.3, 0.4) is 0 Å². The maximum Gasteiger partial charge on any atom is 0.422 e. The Morgan fingerprint density at radius 2 is 1.84 bits per heavy atom. The molecule has 1 amide bonds. The first-order valence-electron chi connectivity index (χ1n) is 10.0. The summed E-state index contributed by atoms with van der Waals surface area (Å²) >= 11 is 5.87. The minimum absolute atomic E-state index is 0.161. The number of anilines is 3. The Morgan fingerprint density at radius 3 is 2.53 bits per heavy atom. The number of amides is 1. The van der Waals surface area contributed by atoms with Gasteiger partial charge in [0.1, 0.15) is 11.6 Å². The number of ether oxygens (including phenoxy) is 1. The van der Waals surface area contributed by atoms with Crippen LogP contribution in [0.2, 0.25) is 5.28 Å². The van der Waals surface area contributed by atoms with Gasteiger partial charge in [0.2, 0.25) is 11.2 Å². The molecule has 9 heteroatoms. The van der Waals surface area contributed by atoms with Gasteiger partial charge < -0.3 is 14.6 Å². The van der Waals surface area contributed by atoms with E-state index in [1.807, 2.05) is 68.8 Å². The van der Waals surface area contributed by atoms with Crippen molar-refractivity contribution in [2.24, 2.45) is 7.05 Å². The van der Waals surface area contributed by atoms with Crippen LogP contribution in [0.25, 0.3) is 11.0 Å². The Balaban J connectivity index is 1.69. The second kappa shape index (κ2) is 8.47. The van der Waals surface area contributed by atoms with Gasteiger partial charge >= 0.3 is 6.09 Å². The van der Waals surface area contributed by atoms with Crippen LogP contribution in [0.5, 0.6) is 5.75 Å². The molecule has 0 aliphatic rings. The van der Waals surface area contributed by atoms with Crippen molar-refractivity contribution in [2.45, 2.75) is 26.3 Å². The first-order valence-corrected chi connectivity index (χ1v) is 10.4. The fourth-order valence-electron chi connectivity index (χ4n) is 3.31.